The maximum Gasteiger partial charge on any atom is 0.258 e. The van der Waals surface area contributed by atoms with Gasteiger partial charge in [0.15, 0.2) is 9.84 Å². The van der Waals surface area contributed by atoms with Crippen molar-refractivity contribution in [3.05, 3.63) is 35.9 Å². The van der Waals surface area contributed by atoms with Crippen molar-refractivity contribution >= 4 is 33.3 Å². The number of aromatic nitrogens is 4. The fourth-order valence-electron chi connectivity index (χ4n) is 1.45. The van der Waals surface area contributed by atoms with Crippen LogP contribution in [-0.2, 0) is 14.2 Å². The molecule has 2 aromatic rings. The van der Waals surface area contributed by atoms with E-state index in [-0.39, 0.29) is 5.95 Å². The smallest absolute Gasteiger partial charge is 0.258 e. The van der Waals surface area contributed by atoms with E-state index < -0.39 is 20.1 Å². The molecule has 0 aliphatic rings. The Morgan fingerprint density at radius 1 is 1.33 bits per heavy atom. The summed E-state index contributed by atoms with van der Waals surface area (Å²) in [5.41, 5.74) is 0.377. The topological polar surface area (TPSA) is 107 Å². The number of rotatable bonds is 4. The van der Waals surface area contributed by atoms with E-state index in [4.69, 9.17) is 11.6 Å². The summed E-state index contributed by atoms with van der Waals surface area (Å²) >= 11 is 5.99. The molecule has 1 amide bonds. The molecule has 8 nitrogen and oxygen atoms in total. The summed E-state index contributed by atoms with van der Waals surface area (Å²) in [5.74, 6) is -0.639. The Balaban J connectivity index is 2.33. The second kappa shape index (κ2) is 5.41. The summed E-state index contributed by atoms with van der Waals surface area (Å²) < 4.78 is 22.3. The molecule has 1 heterocycles. The summed E-state index contributed by atoms with van der Waals surface area (Å²) in [5, 5.41) is 12.9. The van der Waals surface area contributed by atoms with Crippen molar-refractivity contribution in [2.24, 2.45) is 0 Å². The van der Waals surface area contributed by atoms with Gasteiger partial charge in [0, 0.05) is 11.8 Å². The second-order valence-electron chi connectivity index (χ2n) is 4.38. The highest BCUT2D eigenvalue weighted by molar-refractivity contribution is 7.92. The van der Waals surface area contributed by atoms with E-state index in [1.165, 1.54) is 6.92 Å². The molecule has 112 valence electrons. The van der Waals surface area contributed by atoms with Crippen LogP contribution in [0.4, 0.5) is 5.95 Å². The number of nitrogens with one attached hydrogen (secondary N) is 1. The number of tetrazole rings is 1. The second-order valence-corrected chi connectivity index (χ2v) is 7.68. The van der Waals surface area contributed by atoms with Gasteiger partial charge < -0.3 is 0 Å². The van der Waals surface area contributed by atoms with Crippen LogP contribution >= 0.6 is 11.6 Å². The van der Waals surface area contributed by atoms with Gasteiger partial charge in [-0.05, 0) is 29.5 Å². The molecular weight excluding hydrogens is 318 g/mol. The van der Waals surface area contributed by atoms with E-state index in [1.807, 2.05) is 0 Å². The van der Waals surface area contributed by atoms with Crippen molar-refractivity contribution in [1.29, 1.82) is 0 Å². The lowest BCUT2D eigenvalue weighted by atomic mass is 10.2. The van der Waals surface area contributed by atoms with Gasteiger partial charge in [-0.15, -0.1) is 0 Å². The van der Waals surface area contributed by atoms with Gasteiger partial charge in [0.25, 0.3) is 11.9 Å². The largest absolute Gasteiger partial charge is 0.289 e. The highest BCUT2D eigenvalue weighted by Gasteiger charge is 2.39. The highest BCUT2D eigenvalue weighted by Crippen LogP contribution is 2.29. The average Bonchev–Trinajstić information content (AvgIpc) is 2.87. The molecular formula is C11H12ClN5O3S. The van der Waals surface area contributed by atoms with Crippen LogP contribution in [0, 0.1) is 0 Å². The zero-order valence-electron chi connectivity index (χ0n) is 11.2. The zero-order chi connectivity index (χ0) is 15.7. The summed E-state index contributed by atoms with van der Waals surface area (Å²) in [6.45, 7) is 1.22. The molecule has 10 heteroatoms. The van der Waals surface area contributed by atoms with Gasteiger partial charge in [-0.1, -0.05) is 34.9 Å². The number of carbonyl (C=O) groups is 1. The van der Waals surface area contributed by atoms with E-state index in [0.29, 0.717) is 5.56 Å². The molecule has 0 saturated carbocycles. The van der Waals surface area contributed by atoms with E-state index >= 15 is 0 Å². The van der Waals surface area contributed by atoms with E-state index in [2.05, 4.69) is 20.8 Å². The number of carbonyl (C=O) groups excluding carboxylic acids is 1. The van der Waals surface area contributed by atoms with E-state index in [9.17, 15) is 13.2 Å². The number of halogens is 1. The Kier molecular flexibility index (Phi) is 3.97. The first kappa shape index (κ1) is 15.4. The molecule has 1 aromatic carbocycles. The van der Waals surface area contributed by atoms with Gasteiger partial charge in [0.1, 0.15) is 0 Å². The Bertz CT molecular complexity index is 757. The molecule has 0 saturated heterocycles. The third-order valence-electron chi connectivity index (χ3n) is 2.79. The quantitative estimate of drug-likeness (QED) is 0.833. The van der Waals surface area contributed by atoms with Gasteiger partial charge >= 0.3 is 0 Å². The van der Waals surface area contributed by atoms with Crippen LogP contribution in [-0.4, -0.2) is 40.8 Å². The number of nitrogens with zero attached hydrogens (tertiary/aromatic N) is 4. The van der Waals surface area contributed by atoms with E-state index in [0.717, 1.165) is 10.9 Å². The Morgan fingerprint density at radius 2 is 1.95 bits per heavy atom. The van der Waals surface area contributed by atoms with Crippen LogP contribution in [0.5, 0.6) is 0 Å². The number of sulfone groups is 1. The minimum atomic E-state index is -3.71. The van der Waals surface area contributed by atoms with Crippen molar-refractivity contribution < 1.29 is 13.2 Å². The fourth-order valence-corrected chi connectivity index (χ4v) is 2.01. The monoisotopic (exact) mass is 329 g/mol. The first-order chi connectivity index (χ1) is 9.73. The van der Waals surface area contributed by atoms with Crippen molar-refractivity contribution in [2.45, 2.75) is 11.3 Å². The molecule has 0 spiro atoms. The molecule has 0 aliphatic carbocycles. The molecule has 0 radical (unpaired) electrons. The summed E-state index contributed by atoms with van der Waals surface area (Å²) in [7, 11) is -3.71. The molecule has 0 bridgehead atoms. The first-order valence-electron chi connectivity index (χ1n) is 5.77. The summed E-state index contributed by atoms with van der Waals surface area (Å²) in [4.78, 5) is 12.0. The number of benzene rings is 1. The number of hydrogen-bond donors (Lipinski definition) is 1. The molecule has 2 rings (SSSR count). The molecule has 1 aromatic heterocycles. The van der Waals surface area contributed by atoms with Gasteiger partial charge in [-0.25, -0.2) is 8.42 Å². The van der Waals surface area contributed by atoms with Crippen molar-refractivity contribution in [1.82, 2.24) is 20.2 Å². The third kappa shape index (κ3) is 3.03. The Morgan fingerprint density at radius 3 is 2.52 bits per heavy atom. The number of alkyl halides is 1. The van der Waals surface area contributed by atoms with Crippen LogP contribution in [0.3, 0.4) is 0 Å². The lowest BCUT2D eigenvalue weighted by Gasteiger charge is -2.20. The number of hydrogen-bond acceptors (Lipinski definition) is 6. The van der Waals surface area contributed by atoms with Gasteiger partial charge in [0.2, 0.25) is 4.33 Å². The van der Waals surface area contributed by atoms with Crippen LogP contribution in [0.15, 0.2) is 30.3 Å². The standard InChI is InChI=1S/C11H12ClN5O3S/c1-11(12,21(2,19)20)17-10(14-15-16-17)13-9(18)8-6-4-3-5-7-8/h3-7H,1-2H3,(H,13,14,16,18). The normalized spacial score (nSPS) is 14.4. The van der Waals surface area contributed by atoms with Crippen LogP contribution in [0.25, 0.3) is 0 Å². The van der Waals surface area contributed by atoms with Crippen molar-refractivity contribution in [2.75, 3.05) is 11.6 Å². The lowest BCUT2D eigenvalue weighted by molar-refractivity contribution is 0.102. The maximum absolute atomic E-state index is 12.0. The average molecular weight is 330 g/mol. The highest BCUT2D eigenvalue weighted by atomic mass is 35.5. The van der Waals surface area contributed by atoms with Crippen molar-refractivity contribution in [3.8, 4) is 0 Å². The zero-order valence-corrected chi connectivity index (χ0v) is 12.8. The minimum absolute atomic E-state index is 0.160. The summed E-state index contributed by atoms with van der Waals surface area (Å²) in [6, 6.07) is 8.35. The predicted octanol–water partition coefficient (Wildman–Crippen LogP) is 0.839. The lowest BCUT2D eigenvalue weighted by Crippen LogP contribution is -2.35. The van der Waals surface area contributed by atoms with Crippen molar-refractivity contribution in [3.63, 3.8) is 0 Å². The Labute approximate surface area is 126 Å². The third-order valence-corrected chi connectivity index (χ3v) is 5.31. The molecule has 0 fully saturated rings. The first-order valence-corrected chi connectivity index (χ1v) is 8.04. The number of amides is 1. The van der Waals surface area contributed by atoms with Gasteiger partial charge in [-0.2, -0.15) is 4.68 Å². The minimum Gasteiger partial charge on any atom is -0.289 e. The predicted molar refractivity (Wildman–Crippen MR) is 76.6 cm³/mol. The summed E-state index contributed by atoms with van der Waals surface area (Å²) in [6.07, 6.45) is 0.949. The maximum atomic E-state index is 12.0. The van der Waals surface area contributed by atoms with Gasteiger partial charge in [0.05, 0.1) is 0 Å². The number of anilines is 1. The Hall–Kier alpha value is -2.00. The molecule has 1 N–H and O–H groups in total. The molecule has 1 atom stereocenters. The molecule has 0 aliphatic heterocycles. The van der Waals surface area contributed by atoms with Crippen LogP contribution < -0.4 is 5.32 Å². The SMILES string of the molecule is CC(Cl)(n1nnnc1NC(=O)c1ccccc1)S(C)(=O)=O. The molecule has 21 heavy (non-hydrogen) atoms. The van der Waals surface area contributed by atoms with Crippen LogP contribution in [0.2, 0.25) is 0 Å². The molecule has 1 unspecified atom stereocenters. The van der Waals surface area contributed by atoms with Gasteiger partial charge in [-0.3, -0.25) is 10.1 Å². The van der Waals surface area contributed by atoms with E-state index in [1.54, 1.807) is 30.3 Å². The fraction of sp³-hybridized carbons (Fsp3) is 0.273. The van der Waals surface area contributed by atoms with Crippen LogP contribution in [0.1, 0.15) is 17.3 Å².